The molecule has 0 saturated heterocycles. The molecule has 0 aliphatic rings. The average molecular weight is 471 g/mol. The minimum atomic E-state index is 0.446. The van der Waals surface area contributed by atoms with Crippen LogP contribution in [0, 0.1) is 34.0 Å². The van der Waals surface area contributed by atoms with E-state index in [9.17, 15) is 15.8 Å². The molecule has 4 heteroatoms. The van der Waals surface area contributed by atoms with E-state index < -0.39 is 0 Å². The molecule has 0 amide bonds. The molecule has 0 aliphatic carbocycles. The molecule has 0 radical (unpaired) electrons. The quantitative estimate of drug-likeness (QED) is 0.265. The molecule has 1 heterocycles. The molecule has 0 bridgehead atoms. The van der Waals surface area contributed by atoms with E-state index in [1.54, 1.807) is 18.2 Å². The number of nitrogens with zero attached hydrogens (tertiary/aromatic N) is 4. The lowest BCUT2D eigenvalue weighted by Crippen LogP contribution is -1.94. The largest absolute Gasteiger partial charge is 0.309 e. The Bertz CT molecular complexity index is 1930. The molecule has 5 aromatic carbocycles. The highest BCUT2D eigenvalue weighted by molar-refractivity contribution is 6.21. The summed E-state index contributed by atoms with van der Waals surface area (Å²) in [5.41, 5.74) is 7.61. The molecule has 1 aromatic heterocycles. The standard InChI is InChI=1S/C33H18N4/c34-19-22-9-4-5-14-26(22)27-15-7-17-29-32(27)33-28(31-23(20-35)10-6-11-24(31)21-36)16-8-18-30(33)37(29)25-12-2-1-3-13-25/h1-18H. The summed E-state index contributed by atoms with van der Waals surface area (Å²) in [6.45, 7) is 0. The number of hydrogen-bond acceptors (Lipinski definition) is 3. The van der Waals surface area contributed by atoms with E-state index >= 15 is 0 Å². The Morgan fingerprint density at radius 2 is 0.919 bits per heavy atom. The molecule has 170 valence electrons. The second-order valence-electron chi connectivity index (χ2n) is 8.68. The van der Waals surface area contributed by atoms with Crippen molar-refractivity contribution in [1.82, 2.24) is 4.57 Å². The zero-order valence-electron chi connectivity index (χ0n) is 19.7. The highest BCUT2D eigenvalue weighted by Crippen LogP contribution is 2.44. The van der Waals surface area contributed by atoms with Gasteiger partial charge in [0, 0.05) is 27.6 Å². The van der Waals surface area contributed by atoms with Crippen LogP contribution in [0.1, 0.15) is 16.7 Å². The van der Waals surface area contributed by atoms with E-state index in [4.69, 9.17) is 0 Å². The number of aromatic nitrogens is 1. The number of para-hydroxylation sites is 1. The van der Waals surface area contributed by atoms with Gasteiger partial charge in [0.1, 0.15) is 0 Å². The molecule has 4 nitrogen and oxygen atoms in total. The number of fused-ring (bicyclic) bond motifs is 3. The van der Waals surface area contributed by atoms with Crippen LogP contribution in [0.2, 0.25) is 0 Å². The van der Waals surface area contributed by atoms with Crippen molar-refractivity contribution in [3.8, 4) is 46.1 Å². The first kappa shape index (κ1) is 21.9. The fraction of sp³-hybridized carbons (Fsp3) is 0. The highest BCUT2D eigenvalue weighted by atomic mass is 15.0. The summed E-state index contributed by atoms with van der Waals surface area (Å²) < 4.78 is 2.20. The van der Waals surface area contributed by atoms with E-state index in [1.165, 1.54) is 0 Å². The van der Waals surface area contributed by atoms with Crippen molar-refractivity contribution in [2.45, 2.75) is 0 Å². The lowest BCUT2D eigenvalue weighted by molar-refractivity contribution is 1.18. The monoisotopic (exact) mass is 470 g/mol. The van der Waals surface area contributed by atoms with Gasteiger partial charge in [-0.3, -0.25) is 0 Å². The lowest BCUT2D eigenvalue weighted by Gasteiger charge is -2.11. The smallest absolute Gasteiger partial charge is 0.0998 e. The number of benzene rings is 5. The van der Waals surface area contributed by atoms with Crippen LogP contribution in [-0.2, 0) is 0 Å². The Hall–Kier alpha value is -5.63. The summed E-state index contributed by atoms with van der Waals surface area (Å²) in [6, 6.07) is 42.0. The second kappa shape index (κ2) is 8.86. The van der Waals surface area contributed by atoms with Gasteiger partial charge in [0.2, 0.25) is 0 Å². The summed E-state index contributed by atoms with van der Waals surface area (Å²) in [7, 11) is 0. The van der Waals surface area contributed by atoms with Crippen molar-refractivity contribution in [3.63, 3.8) is 0 Å². The van der Waals surface area contributed by atoms with Crippen LogP contribution in [0.25, 0.3) is 49.7 Å². The first-order valence-corrected chi connectivity index (χ1v) is 11.8. The van der Waals surface area contributed by atoms with Gasteiger partial charge in [-0.15, -0.1) is 0 Å². The minimum absolute atomic E-state index is 0.446. The molecule has 37 heavy (non-hydrogen) atoms. The van der Waals surface area contributed by atoms with Gasteiger partial charge in [-0.2, -0.15) is 15.8 Å². The van der Waals surface area contributed by atoms with Crippen molar-refractivity contribution in [3.05, 3.63) is 126 Å². The number of nitriles is 3. The van der Waals surface area contributed by atoms with Crippen LogP contribution in [0.3, 0.4) is 0 Å². The summed E-state index contributed by atoms with van der Waals surface area (Å²) in [5.74, 6) is 0. The van der Waals surface area contributed by atoms with Gasteiger partial charge in [0.15, 0.2) is 0 Å². The molecule has 0 saturated carbocycles. The van der Waals surface area contributed by atoms with Crippen LogP contribution >= 0.6 is 0 Å². The van der Waals surface area contributed by atoms with Crippen molar-refractivity contribution in [1.29, 1.82) is 15.8 Å². The van der Waals surface area contributed by atoms with Crippen LogP contribution in [0.15, 0.2) is 109 Å². The molecule has 0 aliphatic heterocycles. The van der Waals surface area contributed by atoms with Crippen LogP contribution < -0.4 is 0 Å². The normalized spacial score (nSPS) is 10.6. The third-order valence-corrected chi connectivity index (χ3v) is 6.74. The first-order chi connectivity index (χ1) is 18.3. The van der Waals surface area contributed by atoms with Gasteiger partial charge in [0.05, 0.1) is 45.9 Å². The fourth-order valence-corrected chi connectivity index (χ4v) is 5.24. The maximum Gasteiger partial charge on any atom is 0.0998 e. The zero-order valence-corrected chi connectivity index (χ0v) is 19.7. The topological polar surface area (TPSA) is 76.3 Å². The van der Waals surface area contributed by atoms with Crippen LogP contribution in [0.4, 0.5) is 0 Å². The summed E-state index contributed by atoms with van der Waals surface area (Å²) in [6.07, 6.45) is 0. The molecule has 6 aromatic rings. The molecular formula is C33H18N4. The van der Waals surface area contributed by atoms with Crippen molar-refractivity contribution in [2.24, 2.45) is 0 Å². The third kappa shape index (κ3) is 3.35. The van der Waals surface area contributed by atoms with Gasteiger partial charge in [0.25, 0.3) is 0 Å². The molecule has 0 N–H and O–H groups in total. The minimum Gasteiger partial charge on any atom is -0.309 e. The fourth-order valence-electron chi connectivity index (χ4n) is 5.24. The van der Waals surface area contributed by atoms with E-state index in [2.05, 4.69) is 47.0 Å². The van der Waals surface area contributed by atoms with E-state index in [0.717, 1.165) is 44.2 Å². The first-order valence-electron chi connectivity index (χ1n) is 11.8. The summed E-state index contributed by atoms with van der Waals surface area (Å²) in [5, 5.41) is 31.7. The third-order valence-electron chi connectivity index (χ3n) is 6.74. The highest BCUT2D eigenvalue weighted by Gasteiger charge is 2.22. The van der Waals surface area contributed by atoms with Crippen molar-refractivity contribution < 1.29 is 0 Å². The summed E-state index contributed by atoms with van der Waals surface area (Å²) in [4.78, 5) is 0. The predicted octanol–water partition coefficient (Wildman–Crippen LogP) is 7.73. The van der Waals surface area contributed by atoms with Gasteiger partial charge in [-0.1, -0.05) is 66.7 Å². The maximum atomic E-state index is 9.97. The molecular weight excluding hydrogens is 452 g/mol. The zero-order chi connectivity index (χ0) is 25.4. The van der Waals surface area contributed by atoms with Gasteiger partial charge in [-0.25, -0.2) is 0 Å². The number of rotatable bonds is 3. The van der Waals surface area contributed by atoms with E-state index in [1.807, 2.05) is 66.7 Å². The molecule has 0 unspecified atom stereocenters. The molecule has 6 rings (SSSR count). The van der Waals surface area contributed by atoms with Crippen LogP contribution in [0.5, 0.6) is 0 Å². The average Bonchev–Trinajstić information content (AvgIpc) is 3.32. The lowest BCUT2D eigenvalue weighted by atomic mass is 9.89. The Morgan fingerprint density at radius 1 is 0.432 bits per heavy atom. The molecule has 0 atom stereocenters. The van der Waals surface area contributed by atoms with Gasteiger partial charge in [-0.05, 0) is 53.6 Å². The van der Waals surface area contributed by atoms with E-state index in [0.29, 0.717) is 22.3 Å². The number of hydrogen-bond donors (Lipinski definition) is 0. The predicted molar refractivity (Wildman–Crippen MR) is 146 cm³/mol. The maximum absolute atomic E-state index is 9.97. The Kier molecular flexibility index (Phi) is 5.24. The van der Waals surface area contributed by atoms with Crippen LogP contribution in [-0.4, -0.2) is 4.57 Å². The SMILES string of the molecule is N#Cc1ccccc1-c1cccc2c1c1c(-c3c(C#N)cccc3C#N)cccc1n2-c1ccccc1. The van der Waals surface area contributed by atoms with Gasteiger partial charge < -0.3 is 4.57 Å². The summed E-state index contributed by atoms with van der Waals surface area (Å²) >= 11 is 0. The Labute approximate surface area is 214 Å². The molecule has 0 spiro atoms. The Balaban J connectivity index is 1.87. The van der Waals surface area contributed by atoms with Crippen molar-refractivity contribution in [2.75, 3.05) is 0 Å². The Morgan fingerprint density at radius 3 is 1.57 bits per heavy atom. The van der Waals surface area contributed by atoms with Crippen molar-refractivity contribution >= 4 is 21.8 Å². The van der Waals surface area contributed by atoms with Gasteiger partial charge >= 0.3 is 0 Å². The molecule has 0 fully saturated rings. The van der Waals surface area contributed by atoms with E-state index in [-0.39, 0.29) is 0 Å². The second-order valence-corrected chi connectivity index (χ2v) is 8.68.